The van der Waals surface area contributed by atoms with E-state index in [2.05, 4.69) is 68.5 Å². The molecule has 0 saturated heterocycles. The molecule has 0 aliphatic carbocycles. The fraction of sp³-hybridized carbons (Fsp3) is 0.200. The Hall–Kier alpha value is -1.56. The summed E-state index contributed by atoms with van der Waals surface area (Å²) in [6.07, 6.45) is 4.45. The first-order chi connectivity index (χ1) is 7.27. The summed E-state index contributed by atoms with van der Waals surface area (Å²) in [5.74, 6) is 0.601. The predicted molar refractivity (Wildman–Crippen MR) is 67.8 cm³/mol. The van der Waals surface area contributed by atoms with Gasteiger partial charge in [0, 0.05) is 0 Å². The van der Waals surface area contributed by atoms with E-state index < -0.39 is 0 Å². The zero-order chi connectivity index (χ0) is 10.7. The van der Waals surface area contributed by atoms with E-state index in [0.717, 1.165) is 0 Å². The van der Waals surface area contributed by atoms with Crippen LogP contribution in [0, 0.1) is 5.92 Å². The Morgan fingerprint density at radius 1 is 0.933 bits per heavy atom. The molecule has 2 aromatic carbocycles. The van der Waals surface area contributed by atoms with Crippen LogP contribution in [0.15, 0.2) is 48.5 Å². The van der Waals surface area contributed by atoms with E-state index in [0.29, 0.717) is 5.92 Å². The van der Waals surface area contributed by atoms with Gasteiger partial charge in [-0.2, -0.15) is 0 Å². The summed E-state index contributed by atoms with van der Waals surface area (Å²) in [6.45, 7) is 4.39. The lowest BCUT2D eigenvalue weighted by molar-refractivity contribution is 0.836. The van der Waals surface area contributed by atoms with Gasteiger partial charge in [0.2, 0.25) is 0 Å². The Balaban J connectivity index is 2.51. The molecule has 0 radical (unpaired) electrons. The van der Waals surface area contributed by atoms with E-state index in [9.17, 15) is 0 Å². The van der Waals surface area contributed by atoms with Crippen LogP contribution in [-0.2, 0) is 0 Å². The molecule has 0 heterocycles. The maximum atomic E-state index is 2.24. The number of fused-ring (bicyclic) bond motifs is 1. The SMILES string of the molecule is CC(C)/C=C/c1cccc2ccccc12. The van der Waals surface area contributed by atoms with E-state index in [1.807, 2.05) is 0 Å². The van der Waals surface area contributed by atoms with Crippen LogP contribution in [0.25, 0.3) is 16.8 Å². The minimum absolute atomic E-state index is 0.601. The molecule has 0 fully saturated rings. The van der Waals surface area contributed by atoms with Gasteiger partial charge in [0.25, 0.3) is 0 Å². The molecular formula is C15H16. The highest BCUT2D eigenvalue weighted by molar-refractivity contribution is 5.90. The Labute approximate surface area is 91.2 Å². The molecule has 76 valence electrons. The molecule has 0 nitrogen and oxygen atoms in total. The predicted octanol–water partition coefficient (Wildman–Crippen LogP) is 4.51. The molecule has 2 aromatic rings. The standard InChI is InChI=1S/C15H16/c1-12(2)10-11-14-8-5-7-13-6-3-4-9-15(13)14/h3-12H,1-2H3/b11-10+. The number of benzene rings is 2. The third kappa shape index (κ3) is 2.27. The van der Waals surface area contributed by atoms with Crippen LogP contribution in [0.2, 0.25) is 0 Å². The first-order valence-corrected chi connectivity index (χ1v) is 5.43. The van der Waals surface area contributed by atoms with Crippen molar-refractivity contribution in [2.24, 2.45) is 5.92 Å². The summed E-state index contributed by atoms with van der Waals surface area (Å²) in [5.41, 5.74) is 1.31. The molecule has 0 atom stereocenters. The van der Waals surface area contributed by atoms with Gasteiger partial charge in [0.15, 0.2) is 0 Å². The number of rotatable bonds is 2. The second-order valence-corrected chi connectivity index (χ2v) is 4.17. The van der Waals surface area contributed by atoms with Gasteiger partial charge in [-0.3, -0.25) is 0 Å². The summed E-state index contributed by atoms with van der Waals surface area (Å²) in [4.78, 5) is 0. The van der Waals surface area contributed by atoms with Crippen LogP contribution in [-0.4, -0.2) is 0 Å². The topological polar surface area (TPSA) is 0 Å². The summed E-state index contributed by atoms with van der Waals surface area (Å²) < 4.78 is 0. The number of allylic oxidation sites excluding steroid dienone is 1. The molecule has 0 aliphatic rings. The van der Waals surface area contributed by atoms with Gasteiger partial charge in [0.05, 0.1) is 0 Å². The fourth-order valence-electron chi connectivity index (χ4n) is 1.69. The van der Waals surface area contributed by atoms with E-state index >= 15 is 0 Å². The summed E-state index contributed by atoms with van der Waals surface area (Å²) >= 11 is 0. The highest BCUT2D eigenvalue weighted by Gasteiger charge is 1.96. The fourth-order valence-corrected chi connectivity index (χ4v) is 1.69. The molecular weight excluding hydrogens is 180 g/mol. The smallest absolute Gasteiger partial charge is 0.0112 e. The summed E-state index contributed by atoms with van der Waals surface area (Å²) in [6, 6.07) is 14.9. The molecule has 0 unspecified atom stereocenters. The van der Waals surface area contributed by atoms with Crippen molar-refractivity contribution >= 4 is 16.8 Å². The largest absolute Gasteiger partial charge is 0.0814 e. The van der Waals surface area contributed by atoms with Crippen LogP contribution in [0.5, 0.6) is 0 Å². The van der Waals surface area contributed by atoms with Crippen molar-refractivity contribution in [2.75, 3.05) is 0 Å². The summed E-state index contributed by atoms with van der Waals surface area (Å²) in [5, 5.41) is 2.64. The van der Waals surface area contributed by atoms with E-state index in [1.54, 1.807) is 0 Å². The second kappa shape index (κ2) is 4.31. The van der Waals surface area contributed by atoms with Crippen LogP contribution in [0.1, 0.15) is 19.4 Å². The molecule has 2 rings (SSSR count). The molecule has 15 heavy (non-hydrogen) atoms. The van der Waals surface area contributed by atoms with Gasteiger partial charge in [-0.1, -0.05) is 68.5 Å². The van der Waals surface area contributed by atoms with Gasteiger partial charge in [-0.05, 0) is 22.3 Å². The van der Waals surface area contributed by atoms with Crippen LogP contribution in [0.3, 0.4) is 0 Å². The van der Waals surface area contributed by atoms with E-state index in [-0.39, 0.29) is 0 Å². The Morgan fingerprint density at radius 3 is 2.47 bits per heavy atom. The molecule has 0 bridgehead atoms. The zero-order valence-corrected chi connectivity index (χ0v) is 9.27. The third-order valence-corrected chi connectivity index (χ3v) is 2.48. The molecule has 0 N–H and O–H groups in total. The molecule has 0 saturated carbocycles. The average molecular weight is 196 g/mol. The second-order valence-electron chi connectivity index (χ2n) is 4.17. The monoisotopic (exact) mass is 196 g/mol. The van der Waals surface area contributed by atoms with Crippen molar-refractivity contribution < 1.29 is 0 Å². The van der Waals surface area contributed by atoms with Crippen LogP contribution < -0.4 is 0 Å². The molecule has 0 heteroatoms. The molecule has 0 amide bonds. The lowest BCUT2D eigenvalue weighted by Gasteiger charge is -2.02. The van der Waals surface area contributed by atoms with Gasteiger partial charge in [-0.25, -0.2) is 0 Å². The quantitative estimate of drug-likeness (QED) is 0.663. The van der Waals surface area contributed by atoms with E-state index in [1.165, 1.54) is 16.3 Å². The lowest BCUT2D eigenvalue weighted by Crippen LogP contribution is -1.80. The van der Waals surface area contributed by atoms with Crippen molar-refractivity contribution in [3.63, 3.8) is 0 Å². The van der Waals surface area contributed by atoms with Gasteiger partial charge >= 0.3 is 0 Å². The van der Waals surface area contributed by atoms with Gasteiger partial charge in [0.1, 0.15) is 0 Å². The van der Waals surface area contributed by atoms with Crippen molar-refractivity contribution in [1.29, 1.82) is 0 Å². The highest BCUT2D eigenvalue weighted by atomic mass is 14.0. The Kier molecular flexibility index (Phi) is 2.86. The first-order valence-electron chi connectivity index (χ1n) is 5.43. The normalized spacial score (nSPS) is 11.7. The zero-order valence-electron chi connectivity index (χ0n) is 9.27. The van der Waals surface area contributed by atoms with Gasteiger partial charge < -0.3 is 0 Å². The number of hydrogen-bond acceptors (Lipinski definition) is 0. The summed E-state index contributed by atoms with van der Waals surface area (Å²) in [7, 11) is 0. The molecule has 0 aliphatic heterocycles. The first kappa shape index (κ1) is 9.97. The third-order valence-electron chi connectivity index (χ3n) is 2.48. The minimum atomic E-state index is 0.601. The van der Waals surface area contributed by atoms with E-state index in [4.69, 9.17) is 0 Å². The van der Waals surface area contributed by atoms with Crippen molar-refractivity contribution in [3.05, 3.63) is 54.1 Å². The van der Waals surface area contributed by atoms with Crippen molar-refractivity contribution in [2.45, 2.75) is 13.8 Å². The van der Waals surface area contributed by atoms with Gasteiger partial charge in [-0.15, -0.1) is 0 Å². The Morgan fingerprint density at radius 2 is 1.67 bits per heavy atom. The maximum absolute atomic E-state index is 2.24. The average Bonchev–Trinajstić information content (AvgIpc) is 2.26. The van der Waals surface area contributed by atoms with Crippen molar-refractivity contribution in [3.8, 4) is 0 Å². The van der Waals surface area contributed by atoms with Crippen LogP contribution >= 0.6 is 0 Å². The molecule has 0 spiro atoms. The van der Waals surface area contributed by atoms with Crippen molar-refractivity contribution in [1.82, 2.24) is 0 Å². The maximum Gasteiger partial charge on any atom is -0.0112 e. The number of hydrogen-bond donors (Lipinski definition) is 0. The lowest BCUT2D eigenvalue weighted by atomic mass is 10.0. The Bertz CT molecular complexity index is 473. The van der Waals surface area contributed by atoms with Crippen LogP contribution in [0.4, 0.5) is 0 Å². The molecule has 0 aromatic heterocycles. The highest BCUT2D eigenvalue weighted by Crippen LogP contribution is 2.19. The minimum Gasteiger partial charge on any atom is -0.0814 e.